The van der Waals surface area contributed by atoms with Gasteiger partial charge in [-0.1, -0.05) is 30.2 Å². The van der Waals surface area contributed by atoms with E-state index in [-0.39, 0.29) is 30.0 Å². The molecule has 1 aliphatic carbocycles. The fraction of sp³-hybridized carbons (Fsp3) is 0.688. The molecule has 0 amide bonds. The summed E-state index contributed by atoms with van der Waals surface area (Å²) in [6.45, 7) is 6.20. The van der Waals surface area contributed by atoms with Gasteiger partial charge in [0.15, 0.2) is 6.29 Å². The molecule has 4 atom stereocenters. The molecule has 1 heterocycles. The molecule has 0 aromatic heterocycles. The third kappa shape index (κ3) is 3.15. The number of ether oxygens (including phenoxy) is 2. The van der Waals surface area contributed by atoms with Gasteiger partial charge in [0.25, 0.3) is 0 Å². The predicted molar refractivity (Wildman–Crippen MR) is 74.7 cm³/mol. The van der Waals surface area contributed by atoms with Crippen LogP contribution in [0.25, 0.3) is 0 Å². The lowest BCUT2D eigenvalue weighted by Gasteiger charge is -2.19. The Labute approximate surface area is 115 Å². The van der Waals surface area contributed by atoms with Gasteiger partial charge < -0.3 is 9.47 Å². The monoisotopic (exact) mass is 264 g/mol. The van der Waals surface area contributed by atoms with Crippen molar-refractivity contribution >= 4 is 5.78 Å². The zero-order chi connectivity index (χ0) is 14.0. The van der Waals surface area contributed by atoms with E-state index in [1.54, 1.807) is 7.11 Å². The minimum absolute atomic E-state index is 0.0821. The van der Waals surface area contributed by atoms with E-state index >= 15 is 0 Å². The van der Waals surface area contributed by atoms with Crippen LogP contribution in [-0.2, 0) is 14.3 Å². The molecule has 0 bridgehead atoms. The van der Waals surface area contributed by atoms with Crippen LogP contribution in [0.2, 0.25) is 0 Å². The van der Waals surface area contributed by atoms with Crippen LogP contribution in [0.5, 0.6) is 0 Å². The quantitative estimate of drug-likeness (QED) is 0.682. The van der Waals surface area contributed by atoms with Crippen molar-refractivity contribution in [1.29, 1.82) is 0 Å². The van der Waals surface area contributed by atoms with Gasteiger partial charge in [-0.3, -0.25) is 4.79 Å². The standard InChI is InChI=1S/C16H24O3/c1-10-6-5-7-11(2)9-14-15(13(17)8-10)12(3)16(18-4)19-14/h6,9,12,14-16H,5,7-8H2,1-4H3/b10-6+,11-9+/t12-,14+,15+,16-/m0/s1. The van der Waals surface area contributed by atoms with Gasteiger partial charge in [0.2, 0.25) is 0 Å². The van der Waals surface area contributed by atoms with Crippen LogP contribution < -0.4 is 0 Å². The number of fused-ring (bicyclic) bond motifs is 1. The van der Waals surface area contributed by atoms with E-state index < -0.39 is 0 Å². The summed E-state index contributed by atoms with van der Waals surface area (Å²) in [5.41, 5.74) is 2.46. The van der Waals surface area contributed by atoms with E-state index in [1.807, 2.05) is 13.8 Å². The van der Waals surface area contributed by atoms with E-state index in [0.29, 0.717) is 6.42 Å². The average molecular weight is 264 g/mol. The number of hydrogen-bond acceptors (Lipinski definition) is 3. The molecule has 0 N–H and O–H groups in total. The number of carbonyl (C=O) groups excluding carboxylic acids is 1. The minimum atomic E-state index is -0.270. The Morgan fingerprint density at radius 1 is 1.32 bits per heavy atom. The highest BCUT2D eigenvalue weighted by atomic mass is 16.7. The maximum atomic E-state index is 12.5. The van der Waals surface area contributed by atoms with Gasteiger partial charge in [-0.2, -0.15) is 0 Å². The van der Waals surface area contributed by atoms with Gasteiger partial charge in [-0.15, -0.1) is 0 Å². The number of carbonyl (C=O) groups is 1. The normalized spacial score (nSPS) is 42.0. The first-order valence-electron chi connectivity index (χ1n) is 7.07. The molecule has 19 heavy (non-hydrogen) atoms. The fourth-order valence-corrected chi connectivity index (χ4v) is 3.10. The van der Waals surface area contributed by atoms with Gasteiger partial charge in [0, 0.05) is 19.4 Å². The van der Waals surface area contributed by atoms with Crippen molar-refractivity contribution in [3.05, 3.63) is 23.3 Å². The van der Waals surface area contributed by atoms with E-state index in [1.165, 1.54) is 11.1 Å². The third-order valence-corrected chi connectivity index (χ3v) is 4.18. The Hall–Kier alpha value is -0.930. The molecule has 0 saturated carbocycles. The van der Waals surface area contributed by atoms with Crippen molar-refractivity contribution in [3.63, 3.8) is 0 Å². The second-order valence-corrected chi connectivity index (χ2v) is 5.83. The Kier molecular flexibility index (Phi) is 4.58. The topological polar surface area (TPSA) is 35.5 Å². The molecule has 0 radical (unpaired) electrons. The summed E-state index contributed by atoms with van der Waals surface area (Å²) in [5, 5.41) is 0. The van der Waals surface area contributed by atoms with Crippen LogP contribution >= 0.6 is 0 Å². The Morgan fingerprint density at radius 3 is 2.74 bits per heavy atom. The number of rotatable bonds is 1. The number of methoxy groups -OCH3 is 1. The number of Topliss-reactive ketones (excluding diaryl/α,β-unsaturated/α-hetero) is 1. The molecule has 2 aliphatic rings. The first-order valence-corrected chi connectivity index (χ1v) is 7.07. The lowest BCUT2D eigenvalue weighted by atomic mass is 9.83. The SMILES string of the molecule is CO[C@H]1O[C@@H]2/C=C(\C)CC/C=C(\C)CC(=O)[C@H]2[C@@H]1C. The largest absolute Gasteiger partial charge is 0.356 e. The molecular formula is C16H24O3. The average Bonchev–Trinajstić information content (AvgIpc) is 2.64. The summed E-state index contributed by atoms with van der Waals surface area (Å²) in [6.07, 6.45) is 6.48. The highest BCUT2D eigenvalue weighted by Gasteiger charge is 2.44. The molecule has 1 fully saturated rings. The zero-order valence-electron chi connectivity index (χ0n) is 12.3. The second-order valence-electron chi connectivity index (χ2n) is 5.83. The highest BCUT2D eigenvalue weighted by Crippen LogP contribution is 2.36. The van der Waals surface area contributed by atoms with Crippen LogP contribution in [-0.4, -0.2) is 25.3 Å². The van der Waals surface area contributed by atoms with Gasteiger partial charge >= 0.3 is 0 Å². The molecule has 3 heteroatoms. The predicted octanol–water partition coefficient (Wildman–Crippen LogP) is 3.26. The first kappa shape index (κ1) is 14.5. The molecule has 0 aromatic rings. The summed E-state index contributed by atoms with van der Waals surface area (Å²) in [5.74, 6) is 0.303. The minimum Gasteiger partial charge on any atom is -0.356 e. The summed E-state index contributed by atoms with van der Waals surface area (Å²) < 4.78 is 11.2. The Morgan fingerprint density at radius 2 is 2.05 bits per heavy atom. The van der Waals surface area contributed by atoms with Crippen LogP contribution in [0.1, 0.15) is 40.0 Å². The molecule has 1 saturated heterocycles. The zero-order valence-corrected chi connectivity index (χ0v) is 12.3. The first-order chi connectivity index (χ1) is 9.02. The third-order valence-electron chi connectivity index (χ3n) is 4.18. The van der Waals surface area contributed by atoms with Gasteiger partial charge in [0.05, 0.1) is 12.0 Å². The van der Waals surface area contributed by atoms with Crippen molar-refractivity contribution in [2.75, 3.05) is 7.11 Å². The maximum absolute atomic E-state index is 12.5. The lowest BCUT2D eigenvalue weighted by Crippen LogP contribution is -2.28. The lowest BCUT2D eigenvalue weighted by molar-refractivity contribution is -0.124. The number of allylic oxidation sites excluding steroid dienone is 3. The van der Waals surface area contributed by atoms with Crippen molar-refractivity contribution in [2.45, 2.75) is 52.4 Å². The summed E-state index contributed by atoms with van der Waals surface area (Å²) in [7, 11) is 1.64. The molecular weight excluding hydrogens is 240 g/mol. The molecule has 0 unspecified atom stereocenters. The van der Waals surface area contributed by atoms with Crippen LogP contribution in [0, 0.1) is 11.8 Å². The van der Waals surface area contributed by atoms with Crippen LogP contribution in [0.4, 0.5) is 0 Å². The molecule has 1 aliphatic heterocycles. The smallest absolute Gasteiger partial charge is 0.161 e. The number of ketones is 1. The van der Waals surface area contributed by atoms with E-state index in [9.17, 15) is 4.79 Å². The van der Waals surface area contributed by atoms with E-state index in [0.717, 1.165) is 12.8 Å². The molecule has 0 aromatic carbocycles. The fourth-order valence-electron chi connectivity index (χ4n) is 3.10. The molecule has 2 rings (SSSR count). The van der Waals surface area contributed by atoms with Crippen molar-refractivity contribution in [1.82, 2.24) is 0 Å². The second kappa shape index (κ2) is 6.02. The number of hydrogen-bond donors (Lipinski definition) is 0. The van der Waals surface area contributed by atoms with Gasteiger partial charge in [-0.05, 0) is 26.7 Å². The Bertz CT molecular complexity index is 408. The Balaban J connectivity index is 2.29. The summed E-state index contributed by atoms with van der Waals surface area (Å²) in [4.78, 5) is 12.5. The van der Waals surface area contributed by atoms with Crippen molar-refractivity contribution in [3.8, 4) is 0 Å². The van der Waals surface area contributed by atoms with E-state index in [2.05, 4.69) is 19.1 Å². The molecule has 106 valence electrons. The molecule has 3 nitrogen and oxygen atoms in total. The van der Waals surface area contributed by atoms with Crippen LogP contribution in [0.3, 0.4) is 0 Å². The van der Waals surface area contributed by atoms with Gasteiger partial charge in [0.1, 0.15) is 5.78 Å². The van der Waals surface area contributed by atoms with E-state index in [4.69, 9.17) is 9.47 Å². The van der Waals surface area contributed by atoms with Crippen molar-refractivity contribution in [2.24, 2.45) is 11.8 Å². The maximum Gasteiger partial charge on any atom is 0.161 e. The highest BCUT2D eigenvalue weighted by molar-refractivity contribution is 5.84. The summed E-state index contributed by atoms with van der Waals surface area (Å²) >= 11 is 0. The summed E-state index contributed by atoms with van der Waals surface area (Å²) in [6, 6.07) is 0. The van der Waals surface area contributed by atoms with Crippen molar-refractivity contribution < 1.29 is 14.3 Å². The van der Waals surface area contributed by atoms with Crippen LogP contribution in [0.15, 0.2) is 23.3 Å². The molecule has 0 spiro atoms. The van der Waals surface area contributed by atoms with Gasteiger partial charge in [-0.25, -0.2) is 0 Å².